The first-order chi connectivity index (χ1) is 8.69. The van der Waals surface area contributed by atoms with Crippen LogP contribution in [0.25, 0.3) is 0 Å². The van der Waals surface area contributed by atoms with Crippen molar-refractivity contribution >= 4 is 23.1 Å². The Kier molecular flexibility index (Phi) is 4.12. The molecular weight excluding hydrogens is 253 g/mol. The number of pyridine rings is 1. The molecular formula is C13H13ClFN3. The molecule has 0 unspecified atom stereocenters. The fraction of sp³-hybridized carbons (Fsp3) is 0.154. The number of hydrogen-bond donors (Lipinski definition) is 2. The summed E-state index contributed by atoms with van der Waals surface area (Å²) in [6.45, 7) is 0.611. The van der Waals surface area contributed by atoms with Gasteiger partial charge in [0.2, 0.25) is 0 Å². The van der Waals surface area contributed by atoms with Gasteiger partial charge in [-0.05, 0) is 36.7 Å². The maximum atomic E-state index is 13.5. The summed E-state index contributed by atoms with van der Waals surface area (Å²) in [7, 11) is 0. The third-order valence-corrected chi connectivity index (χ3v) is 2.66. The van der Waals surface area contributed by atoms with E-state index in [0.717, 1.165) is 17.7 Å². The monoisotopic (exact) mass is 265 g/mol. The van der Waals surface area contributed by atoms with Gasteiger partial charge in [0.1, 0.15) is 0 Å². The Labute approximate surface area is 110 Å². The molecule has 0 atom stereocenters. The van der Waals surface area contributed by atoms with Crippen LogP contribution in [-0.2, 0) is 6.42 Å². The lowest BCUT2D eigenvalue weighted by molar-refractivity contribution is 0.626. The predicted octanol–water partition coefficient (Wildman–Crippen LogP) is 3.12. The number of rotatable bonds is 4. The summed E-state index contributed by atoms with van der Waals surface area (Å²) in [5.74, 6) is -0.320. The molecule has 2 aromatic rings. The van der Waals surface area contributed by atoms with Gasteiger partial charge in [-0.3, -0.25) is 0 Å². The van der Waals surface area contributed by atoms with Crippen LogP contribution >= 0.6 is 11.6 Å². The normalized spacial score (nSPS) is 10.4. The molecule has 3 N–H and O–H groups in total. The fourth-order valence-corrected chi connectivity index (χ4v) is 1.71. The minimum absolute atomic E-state index is 0.158. The summed E-state index contributed by atoms with van der Waals surface area (Å²) in [6, 6.07) is 8.84. The molecule has 0 bridgehead atoms. The molecule has 0 aliphatic rings. The number of benzene rings is 1. The molecule has 0 aliphatic heterocycles. The molecule has 2 rings (SSSR count). The zero-order valence-electron chi connectivity index (χ0n) is 9.66. The summed E-state index contributed by atoms with van der Waals surface area (Å²) >= 11 is 5.63. The molecule has 0 spiro atoms. The summed E-state index contributed by atoms with van der Waals surface area (Å²) in [5, 5.41) is 3.17. The summed E-state index contributed by atoms with van der Waals surface area (Å²) < 4.78 is 13.5. The molecule has 3 nitrogen and oxygen atoms in total. The van der Waals surface area contributed by atoms with Crippen LogP contribution in [0.15, 0.2) is 36.5 Å². The molecule has 18 heavy (non-hydrogen) atoms. The van der Waals surface area contributed by atoms with E-state index < -0.39 is 5.82 Å². The van der Waals surface area contributed by atoms with Gasteiger partial charge in [-0.25, -0.2) is 9.37 Å². The second-order valence-electron chi connectivity index (χ2n) is 3.84. The predicted molar refractivity (Wildman–Crippen MR) is 71.7 cm³/mol. The number of nitrogens with two attached hydrogens (primary N) is 1. The lowest BCUT2D eigenvalue weighted by atomic mass is 10.1. The molecule has 5 heteroatoms. The van der Waals surface area contributed by atoms with Crippen molar-refractivity contribution in [3.63, 3.8) is 0 Å². The van der Waals surface area contributed by atoms with Crippen molar-refractivity contribution < 1.29 is 4.39 Å². The van der Waals surface area contributed by atoms with Crippen molar-refractivity contribution in [1.29, 1.82) is 0 Å². The summed E-state index contributed by atoms with van der Waals surface area (Å²) in [5.41, 5.74) is 7.38. The van der Waals surface area contributed by atoms with Crippen LogP contribution in [0.4, 0.5) is 15.9 Å². The molecule has 0 aliphatic carbocycles. The molecule has 1 heterocycles. The lowest BCUT2D eigenvalue weighted by Gasteiger charge is -2.07. The van der Waals surface area contributed by atoms with Crippen LogP contribution in [0.3, 0.4) is 0 Å². The Morgan fingerprint density at radius 3 is 2.61 bits per heavy atom. The maximum absolute atomic E-state index is 13.5. The van der Waals surface area contributed by atoms with Gasteiger partial charge in [-0.1, -0.05) is 23.7 Å². The Balaban J connectivity index is 2.13. The third-order valence-electron chi connectivity index (χ3n) is 2.46. The van der Waals surface area contributed by atoms with Crippen molar-refractivity contribution in [1.82, 2.24) is 4.98 Å². The molecule has 0 fully saturated rings. The number of halogens is 2. The first-order valence-corrected chi connectivity index (χ1v) is 5.94. The average molecular weight is 266 g/mol. The van der Waals surface area contributed by atoms with Crippen LogP contribution in [-0.4, -0.2) is 11.5 Å². The first kappa shape index (κ1) is 12.8. The topological polar surface area (TPSA) is 50.9 Å². The van der Waals surface area contributed by atoms with Crippen LogP contribution in [0.5, 0.6) is 0 Å². The minimum Gasteiger partial charge on any atom is -0.338 e. The number of nitrogens with zero attached hydrogens (tertiary/aromatic N) is 1. The SMILES string of the molecule is NCCc1ccc(Nc2ncc(Cl)cc2F)cc1. The summed E-state index contributed by atoms with van der Waals surface area (Å²) in [4.78, 5) is 3.89. The molecule has 94 valence electrons. The van der Waals surface area contributed by atoms with Crippen molar-refractivity contribution in [3.05, 3.63) is 52.9 Å². The molecule has 0 saturated carbocycles. The Hall–Kier alpha value is -1.65. The molecule has 1 aromatic carbocycles. The Bertz CT molecular complexity index is 528. The highest BCUT2D eigenvalue weighted by molar-refractivity contribution is 6.30. The average Bonchev–Trinajstić information content (AvgIpc) is 2.35. The quantitative estimate of drug-likeness (QED) is 0.893. The van der Waals surface area contributed by atoms with Gasteiger partial charge in [0.25, 0.3) is 0 Å². The van der Waals surface area contributed by atoms with Crippen LogP contribution in [0.1, 0.15) is 5.56 Å². The van der Waals surface area contributed by atoms with E-state index in [4.69, 9.17) is 17.3 Å². The minimum atomic E-state index is -0.478. The molecule has 0 amide bonds. The largest absolute Gasteiger partial charge is 0.338 e. The highest BCUT2D eigenvalue weighted by Crippen LogP contribution is 2.20. The van der Waals surface area contributed by atoms with Gasteiger partial charge in [0.15, 0.2) is 11.6 Å². The van der Waals surface area contributed by atoms with Gasteiger partial charge in [-0.15, -0.1) is 0 Å². The second-order valence-corrected chi connectivity index (χ2v) is 4.28. The number of aromatic nitrogens is 1. The number of nitrogens with one attached hydrogen (secondary N) is 1. The van der Waals surface area contributed by atoms with Crippen molar-refractivity contribution in [2.45, 2.75) is 6.42 Å². The van der Waals surface area contributed by atoms with Gasteiger partial charge >= 0.3 is 0 Å². The maximum Gasteiger partial charge on any atom is 0.167 e. The Morgan fingerprint density at radius 1 is 1.28 bits per heavy atom. The van der Waals surface area contributed by atoms with Crippen molar-refractivity contribution in [2.24, 2.45) is 5.73 Å². The van der Waals surface area contributed by atoms with Crippen molar-refractivity contribution in [3.8, 4) is 0 Å². The smallest absolute Gasteiger partial charge is 0.167 e. The van der Waals surface area contributed by atoms with E-state index in [1.807, 2.05) is 24.3 Å². The van der Waals surface area contributed by atoms with Crippen LogP contribution < -0.4 is 11.1 Å². The van der Waals surface area contributed by atoms with E-state index in [-0.39, 0.29) is 10.8 Å². The van der Waals surface area contributed by atoms with E-state index in [9.17, 15) is 4.39 Å². The van der Waals surface area contributed by atoms with E-state index >= 15 is 0 Å². The van der Waals surface area contributed by atoms with E-state index in [0.29, 0.717) is 6.54 Å². The van der Waals surface area contributed by atoms with E-state index in [1.165, 1.54) is 12.3 Å². The highest BCUT2D eigenvalue weighted by Gasteiger charge is 2.04. The zero-order chi connectivity index (χ0) is 13.0. The fourth-order valence-electron chi connectivity index (χ4n) is 1.56. The molecule has 0 saturated heterocycles. The number of hydrogen-bond acceptors (Lipinski definition) is 3. The van der Waals surface area contributed by atoms with E-state index in [1.54, 1.807) is 0 Å². The van der Waals surface area contributed by atoms with Gasteiger partial charge in [0, 0.05) is 11.9 Å². The first-order valence-electron chi connectivity index (χ1n) is 5.56. The second kappa shape index (κ2) is 5.80. The standard InChI is InChI=1S/C13H13ClFN3/c14-10-7-12(15)13(17-8-10)18-11-3-1-9(2-4-11)5-6-16/h1-4,7-8H,5-6,16H2,(H,17,18). The third kappa shape index (κ3) is 3.18. The Morgan fingerprint density at radius 2 is 2.00 bits per heavy atom. The van der Waals surface area contributed by atoms with E-state index in [2.05, 4.69) is 10.3 Å². The number of anilines is 2. The highest BCUT2D eigenvalue weighted by atomic mass is 35.5. The van der Waals surface area contributed by atoms with Crippen molar-refractivity contribution in [2.75, 3.05) is 11.9 Å². The molecule has 0 radical (unpaired) electrons. The lowest BCUT2D eigenvalue weighted by Crippen LogP contribution is -2.02. The van der Waals surface area contributed by atoms with Crippen LogP contribution in [0.2, 0.25) is 5.02 Å². The van der Waals surface area contributed by atoms with Crippen LogP contribution in [0, 0.1) is 5.82 Å². The van der Waals surface area contributed by atoms with Gasteiger partial charge < -0.3 is 11.1 Å². The molecule has 1 aromatic heterocycles. The summed E-state index contributed by atoms with van der Waals surface area (Å²) in [6.07, 6.45) is 2.23. The zero-order valence-corrected chi connectivity index (χ0v) is 10.4. The van der Waals surface area contributed by atoms with Gasteiger partial charge in [-0.2, -0.15) is 0 Å². The van der Waals surface area contributed by atoms with Gasteiger partial charge in [0.05, 0.1) is 5.02 Å².